The fraction of sp³-hybridized carbons (Fsp3) is 0.200. The van der Waals surface area contributed by atoms with E-state index in [4.69, 9.17) is 5.21 Å². The minimum absolute atomic E-state index is 0.106. The predicted molar refractivity (Wildman–Crippen MR) is 54.7 cm³/mol. The largest absolute Gasteiger partial charge is 0.411 e. The molecule has 0 aliphatic heterocycles. The van der Waals surface area contributed by atoms with E-state index >= 15 is 0 Å². The highest BCUT2D eigenvalue weighted by atomic mass is 16.4. The van der Waals surface area contributed by atoms with Crippen LogP contribution in [-0.2, 0) is 4.79 Å². The maximum atomic E-state index is 10.7. The topological polar surface area (TPSA) is 61.7 Å². The number of oxime groups is 1. The molecule has 0 aliphatic rings. The highest BCUT2D eigenvalue weighted by Crippen LogP contribution is 2.10. The van der Waals surface area contributed by atoms with E-state index in [1.54, 1.807) is 31.2 Å². The number of carbonyl (C=O) groups is 1. The first kappa shape index (κ1) is 10.2. The average molecular weight is 192 g/mol. The van der Waals surface area contributed by atoms with Crippen molar-refractivity contribution < 1.29 is 10.0 Å². The molecule has 1 rings (SSSR count). The van der Waals surface area contributed by atoms with Gasteiger partial charge in [0, 0.05) is 12.6 Å². The van der Waals surface area contributed by atoms with E-state index in [1.807, 2.05) is 0 Å². The monoisotopic (exact) mass is 192 g/mol. The third-order valence-corrected chi connectivity index (χ3v) is 1.77. The SMILES string of the molecule is CC(=O)Nc1ccc(/C(C)=N/O)cc1. The van der Waals surface area contributed by atoms with Crippen LogP contribution in [0.2, 0.25) is 0 Å². The van der Waals surface area contributed by atoms with Crippen LogP contribution in [0.15, 0.2) is 29.4 Å². The van der Waals surface area contributed by atoms with Crippen LogP contribution < -0.4 is 5.32 Å². The van der Waals surface area contributed by atoms with Gasteiger partial charge in [0.1, 0.15) is 0 Å². The minimum Gasteiger partial charge on any atom is -0.411 e. The molecule has 1 aromatic carbocycles. The molecule has 0 saturated carbocycles. The number of nitrogens with one attached hydrogen (secondary N) is 1. The molecular formula is C10H12N2O2. The number of hydrogen-bond donors (Lipinski definition) is 2. The number of benzene rings is 1. The Bertz CT molecular complexity index is 355. The average Bonchev–Trinajstić information content (AvgIpc) is 2.17. The molecule has 0 unspecified atom stereocenters. The predicted octanol–water partition coefficient (Wildman–Crippen LogP) is 1.84. The molecule has 0 atom stereocenters. The first-order valence-corrected chi connectivity index (χ1v) is 4.20. The van der Waals surface area contributed by atoms with Gasteiger partial charge >= 0.3 is 0 Å². The van der Waals surface area contributed by atoms with Gasteiger partial charge in [0.2, 0.25) is 5.91 Å². The summed E-state index contributed by atoms with van der Waals surface area (Å²) in [4.78, 5) is 10.7. The smallest absolute Gasteiger partial charge is 0.221 e. The Labute approximate surface area is 82.2 Å². The summed E-state index contributed by atoms with van der Waals surface area (Å²) in [6.45, 7) is 3.15. The maximum absolute atomic E-state index is 10.7. The second kappa shape index (κ2) is 4.41. The summed E-state index contributed by atoms with van der Waals surface area (Å²) in [6.07, 6.45) is 0. The van der Waals surface area contributed by atoms with E-state index in [1.165, 1.54) is 6.92 Å². The lowest BCUT2D eigenvalue weighted by atomic mass is 10.1. The summed E-state index contributed by atoms with van der Waals surface area (Å²) in [5.41, 5.74) is 2.09. The number of amides is 1. The highest BCUT2D eigenvalue weighted by Gasteiger charge is 1.98. The summed E-state index contributed by atoms with van der Waals surface area (Å²) >= 11 is 0. The van der Waals surface area contributed by atoms with Crippen molar-refractivity contribution in [3.63, 3.8) is 0 Å². The Morgan fingerprint density at radius 1 is 1.29 bits per heavy atom. The van der Waals surface area contributed by atoms with Crippen LogP contribution >= 0.6 is 0 Å². The summed E-state index contributed by atoms with van der Waals surface area (Å²) in [7, 11) is 0. The lowest BCUT2D eigenvalue weighted by Crippen LogP contribution is -2.05. The van der Waals surface area contributed by atoms with E-state index in [9.17, 15) is 4.79 Å². The Morgan fingerprint density at radius 3 is 2.29 bits per heavy atom. The number of nitrogens with zero attached hydrogens (tertiary/aromatic N) is 1. The third-order valence-electron chi connectivity index (χ3n) is 1.77. The minimum atomic E-state index is -0.106. The van der Waals surface area contributed by atoms with Crippen LogP contribution in [0.4, 0.5) is 5.69 Å². The van der Waals surface area contributed by atoms with Crippen molar-refractivity contribution in [2.75, 3.05) is 5.32 Å². The van der Waals surface area contributed by atoms with Crippen LogP contribution in [0.1, 0.15) is 19.4 Å². The van der Waals surface area contributed by atoms with Crippen LogP contribution in [-0.4, -0.2) is 16.8 Å². The molecule has 0 spiro atoms. The van der Waals surface area contributed by atoms with E-state index in [2.05, 4.69) is 10.5 Å². The molecule has 0 heterocycles. The molecule has 74 valence electrons. The Kier molecular flexibility index (Phi) is 3.23. The molecule has 0 bridgehead atoms. The second-order valence-corrected chi connectivity index (χ2v) is 2.94. The normalized spacial score (nSPS) is 11.1. The first-order chi connectivity index (χ1) is 6.63. The number of rotatable bonds is 2. The Morgan fingerprint density at radius 2 is 1.86 bits per heavy atom. The number of hydrogen-bond acceptors (Lipinski definition) is 3. The van der Waals surface area contributed by atoms with E-state index in [0.29, 0.717) is 5.71 Å². The quantitative estimate of drug-likeness (QED) is 0.426. The van der Waals surface area contributed by atoms with Gasteiger partial charge in [-0.1, -0.05) is 17.3 Å². The van der Waals surface area contributed by atoms with Gasteiger partial charge < -0.3 is 10.5 Å². The van der Waals surface area contributed by atoms with Gasteiger partial charge in [-0.25, -0.2) is 0 Å². The van der Waals surface area contributed by atoms with Crippen LogP contribution in [0.25, 0.3) is 0 Å². The van der Waals surface area contributed by atoms with Gasteiger partial charge in [-0.2, -0.15) is 0 Å². The second-order valence-electron chi connectivity index (χ2n) is 2.94. The van der Waals surface area contributed by atoms with Crippen molar-refractivity contribution in [3.05, 3.63) is 29.8 Å². The molecule has 0 fully saturated rings. The summed E-state index contributed by atoms with van der Waals surface area (Å²) in [6, 6.07) is 7.07. The third kappa shape index (κ3) is 2.58. The molecule has 1 aromatic rings. The molecule has 14 heavy (non-hydrogen) atoms. The van der Waals surface area contributed by atoms with Crippen LogP contribution in [0, 0.1) is 0 Å². The van der Waals surface area contributed by atoms with Gasteiger partial charge in [-0.15, -0.1) is 0 Å². The van der Waals surface area contributed by atoms with Gasteiger partial charge in [0.05, 0.1) is 5.71 Å². The van der Waals surface area contributed by atoms with Crippen molar-refractivity contribution in [2.45, 2.75) is 13.8 Å². The van der Waals surface area contributed by atoms with Gasteiger partial charge in [0.15, 0.2) is 0 Å². The molecule has 1 amide bonds. The highest BCUT2D eigenvalue weighted by molar-refractivity contribution is 5.98. The summed E-state index contributed by atoms with van der Waals surface area (Å²) in [5, 5.41) is 14.2. The molecule has 0 aromatic heterocycles. The molecule has 0 saturated heterocycles. The lowest BCUT2D eigenvalue weighted by molar-refractivity contribution is -0.114. The van der Waals surface area contributed by atoms with Crippen molar-refractivity contribution in [1.29, 1.82) is 0 Å². The molecular weight excluding hydrogens is 180 g/mol. The van der Waals surface area contributed by atoms with Gasteiger partial charge in [-0.05, 0) is 24.6 Å². The van der Waals surface area contributed by atoms with Crippen LogP contribution in [0.3, 0.4) is 0 Å². The zero-order valence-electron chi connectivity index (χ0n) is 8.11. The molecule has 0 aliphatic carbocycles. The Hall–Kier alpha value is -1.84. The zero-order chi connectivity index (χ0) is 10.6. The first-order valence-electron chi connectivity index (χ1n) is 4.20. The molecule has 4 heteroatoms. The molecule has 4 nitrogen and oxygen atoms in total. The number of anilines is 1. The molecule has 2 N–H and O–H groups in total. The fourth-order valence-electron chi connectivity index (χ4n) is 1.06. The van der Waals surface area contributed by atoms with E-state index < -0.39 is 0 Å². The van der Waals surface area contributed by atoms with Crippen LogP contribution in [0.5, 0.6) is 0 Å². The van der Waals surface area contributed by atoms with Crippen molar-refractivity contribution in [1.82, 2.24) is 0 Å². The van der Waals surface area contributed by atoms with Gasteiger partial charge in [0.25, 0.3) is 0 Å². The van der Waals surface area contributed by atoms with Crippen molar-refractivity contribution in [3.8, 4) is 0 Å². The fourth-order valence-corrected chi connectivity index (χ4v) is 1.06. The van der Waals surface area contributed by atoms with Crippen molar-refractivity contribution in [2.24, 2.45) is 5.16 Å². The summed E-state index contributed by atoms with van der Waals surface area (Å²) in [5.74, 6) is -0.106. The summed E-state index contributed by atoms with van der Waals surface area (Å²) < 4.78 is 0. The Balaban J connectivity index is 2.83. The van der Waals surface area contributed by atoms with E-state index in [0.717, 1.165) is 11.3 Å². The van der Waals surface area contributed by atoms with Gasteiger partial charge in [-0.3, -0.25) is 4.79 Å². The zero-order valence-corrected chi connectivity index (χ0v) is 8.11. The standard InChI is InChI=1S/C10H12N2O2/c1-7(12-14)9-3-5-10(6-4-9)11-8(2)13/h3-6,14H,1-2H3,(H,11,13)/b12-7+. The lowest BCUT2D eigenvalue weighted by Gasteiger charge is -2.02. The van der Waals surface area contributed by atoms with Crippen molar-refractivity contribution >= 4 is 17.3 Å². The van der Waals surface area contributed by atoms with E-state index in [-0.39, 0.29) is 5.91 Å². The number of carbonyl (C=O) groups excluding carboxylic acids is 1. The maximum Gasteiger partial charge on any atom is 0.221 e. The molecule has 0 radical (unpaired) electrons.